The highest BCUT2D eigenvalue weighted by Crippen LogP contribution is 2.30. The summed E-state index contributed by atoms with van der Waals surface area (Å²) in [5, 5.41) is 3.95. The summed E-state index contributed by atoms with van der Waals surface area (Å²) in [7, 11) is 1.68. The fourth-order valence-corrected chi connectivity index (χ4v) is 4.15. The maximum absolute atomic E-state index is 12.4. The number of carbonyl (C=O) groups excluding carboxylic acids is 2. The standard InChI is InChI=1S/C18H23ClN4O2S/c1-11(2)8-9-23-14-15(22(3)17(25)21-16(14)24)20-18(23)26-10-12-4-6-13(19)7-5-12/h4-7,11,14-15H,8-10H2,1-3H3,(H,21,24,25). The zero-order chi connectivity index (χ0) is 18.8. The molecule has 0 saturated carbocycles. The molecule has 3 amide bonds. The number of fused-ring (bicyclic) bond motifs is 1. The predicted molar refractivity (Wildman–Crippen MR) is 105 cm³/mol. The van der Waals surface area contributed by atoms with E-state index >= 15 is 0 Å². The van der Waals surface area contributed by atoms with Crippen LogP contribution in [0.1, 0.15) is 25.8 Å². The van der Waals surface area contributed by atoms with E-state index in [2.05, 4.69) is 19.2 Å². The molecule has 1 N–H and O–H groups in total. The summed E-state index contributed by atoms with van der Waals surface area (Å²) in [5.41, 5.74) is 1.13. The Balaban J connectivity index is 1.78. The molecule has 2 unspecified atom stereocenters. The van der Waals surface area contributed by atoms with Crippen molar-refractivity contribution in [3.05, 3.63) is 34.9 Å². The van der Waals surface area contributed by atoms with Gasteiger partial charge in [-0.3, -0.25) is 10.1 Å². The number of likely N-dealkylation sites (N-methyl/N-ethyl adjacent to an activating group) is 1. The van der Waals surface area contributed by atoms with Crippen LogP contribution in [0.25, 0.3) is 0 Å². The molecule has 8 heteroatoms. The summed E-state index contributed by atoms with van der Waals surface area (Å²) in [6, 6.07) is 6.85. The molecule has 1 fully saturated rings. The Kier molecular flexibility index (Phi) is 5.77. The lowest BCUT2D eigenvalue weighted by Gasteiger charge is -2.36. The lowest BCUT2D eigenvalue weighted by molar-refractivity contribution is -0.127. The van der Waals surface area contributed by atoms with Crippen LogP contribution in [0.15, 0.2) is 29.3 Å². The van der Waals surface area contributed by atoms with Gasteiger partial charge in [-0.15, -0.1) is 0 Å². The van der Waals surface area contributed by atoms with Crippen LogP contribution in [0.4, 0.5) is 4.79 Å². The number of nitrogens with zero attached hydrogens (tertiary/aromatic N) is 3. The first-order valence-electron chi connectivity index (χ1n) is 8.66. The van der Waals surface area contributed by atoms with Crippen LogP contribution in [0, 0.1) is 5.92 Å². The summed E-state index contributed by atoms with van der Waals surface area (Å²) in [4.78, 5) is 32.6. The normalized spacial score (nSPS) is 22.6. The van der Waals surface area contributed by atoms with E-state index in [-0.39, 0.29) is 5.91 Å². The van der Waals surface area contributed by atoms with Crippen molar-refractivity contribution in [3.63, 3.8) is 0 Å². The Morgan fingerprint density at radius 2 is 1.96 bits per heavy atom. The molecule has 0 radical (unpaired) electrons. The molecule has 3 rings (SSSR count). The number of amides is 3. The van der Waals surface area contributed by atoms with Gasteiger partial charge in [0.25, 0.3) is 5.91 Å². The number of halogens is 1. The number of rotatable bonds is 5. The van der Waals surface area contributed by atoms with Gasteiger partial charge >= 0.3 is 6.03 Å². The Labute approximate surface area is 163 Å². The second-order valence-electron chi connectivity index (χ2n) is 6.97. The third kappa shape index (κ3) is 3.99. The smallest absolute Gasteiger partial charge is 0.325 e. The van der Waals surface area contributed by atoms with Crippen LogP contribution in [0.5, 0.6) is 0 Å². The molecule has 2 aliphatic heterocycles. The van der Waals surface area contributed by atoms with E-state index in [1.165, 1.54) is 4.90 Å². The SMILES string of the molecule is CC(C)CCN1C(SCc2ccc(Cl)cc2)=NC2C1C(=O)NC(=O)N2C. The maximum atomic E-state index is 12.4. The Morgan fingerprint density at radius 3 is 2.62 bits per heavy atom. The first-order valence-corrected chi connectivity index (χ1v) is 10.0. The third-order valence-electron chi connectivity index (χ3n) is 4.55. The van der Waals surface area contributed by atoms with Gasteiger partial charge in [-0.05, 0) is 30.0 Å². The number of nitrogens with one attached hydrogen (secondary N) is 1. The largest absolute Gasteiger partial charge is 0.336 e. The van der Waals surface area contributed by atoms with Gasteiger partial charge in [0.05, 0.1) is 0 Å². The number of urea groups is 1. The molecule has 0 aliphatic carbocycles. The van der Waals surface area contributed by atoms with Gasteiger partial charge < -0.3 is 9.80 Å². The van der Waals surface area contributed by atoms with Gasteiger partial charge in [-0.1, -0.05) is 49.3 Å². The number of amidine groups is 1. The quantitative estimate of drug-likeness (QED) is 0.833. The molecule has 2 aliphatic rings. The molecular formula is C18H23ClN4O2S. The third-order valence-corrected chi connectivity index (χ3v) is 5.88. The average Bonchev–Trinajstić information content (AvgIpc) is 2.96. The van der Waals surface area contributed by atoms with Gasteiger partial charge in [-0.25, -0.2) is 9.79 Å². The summed E-state index contributed by atoms with van der Waals surface area (Å²) in [6.07, 6.45) is 0.491. The molecule has 140 valence electrons. The van der Waals surface area contributed by atoms with Gasteiger partial charge in [0, 0.05) is 24.4 Å². The van der Waals surface area contributed by atoms with Crippen molar-refractivity contribution in [3.8, 4) is 0 Å². The first-order chi connectivity index (χ1) is 12.4. The van der Waals surface area contributed by atoms with Gasteiger partial charge in [0.1, 0.15) is 0 Å². The topological polar surface area (TPSA) is 65.0 Å². The maximum Gasteiger partial charge on any atom is 0.325 e. The number of hydrogen-bond acceptors (Lipinski definition) is 5. The lowest BCUT2D eigenvalue weighted by Crippen LogP contribution is -2.63. The first kappa shape index (κ1) is 19.0. The van der Waals surface area contributed by atoms with E-state index in [4.69, 9.17) is 16.6 Å². The minimum Gasteiger partial charge on any atom is -0.336 e. The molecule has 1 aromatic rings. The Morgan fingerprint density at radius 1 is 1.27 bits per heavy atom. The molecule has 2 heterocycles. The van der Waals surface area contributed by atoms with E-state index in [0.29, 0.717) is 10.9 Å². The number of benzene rings is 1. The number of carbonyl (C=O) groups is 2. The van der Waals surface area contributed by atoms with Crippen molar-refractivity contribution >= 4 is 40.5 Å². The van der Waals surface area contributed by atoms with Crippen LogP contribution < -0.4 is 5.32 Å². The van der Waals surface area contributed by atoms with Crippen LogP contribution in [0.3, 0.4) is 0 Å². The van der Waals surface area contributed by atoms with Gasteiger partial charge in [0.2, 0.25) is 0 Å². The summed E-state index contributed by atoms with van der Waals surface area (Å²) < 4.78 is 0. The number of aliphatic imine (C=N–C) groups is 1. The van der Waals surface area contributed by atoms with E-state index in [1.54, 1.807) is 18.8 Å². The predicted octanol–water partition coefficient (Wildman–Crippen LogP) is 3.17. The fraction of sp³-hybridized carbons (Fsp3) is 0.500. The molecule has 2 atom stereocenters. The Hall–Kier alpha value is -1.73. The Bertz CT molecular complexity index is 722. The molecule has 6 nitrogen and oxygen atoms in total. The second kappa shape index (κ2) is 7.88. The van der Waals surface area contributed by atoms with Crippen molar-refractivity contribution in [2.45, 2.75) is 38.2 Å². The highest BCUT2D eigenvalue weighted by molar-refractivity contribution is 8.13. The number of hydrogen-bond donors (Lipinski definition) is 1. The van der Waals surface area contributed by atoms with Crippen LogP contribution in [0.2, 0.25) is 5.02 Å². The molecule has 1 aromatic carbocycles. The zero-order valence-electron chi connectivity index (χ0n) is 15.1. The van der Waals surface area contributed by atoms with Crippen LogP contribution >= 0.6 is 23.4 Å². The number of thioether (sulfide) groups is 1. The van der Waals surface area contributed by atoms with Crippen molar-refractivity contribution in [2.75, 3.05) is 13.6 Å². The molecule has 0 bridgehead atoms. The summed E-state index contributed by atoms with van der Waals surface area (Å²) in [6.45, 7) is 5.05. The van der Waals surface area contributed by atoms with Gasteiger partial charge in [-0.2, -0.15) is 0 Å². The second-order valence-corrected chi connectivity index (χ2v) is 8.35. The monoisotopic (exact) mass is 394 g/mol. The van der Waals surface area contributed by atoms with E-state index in [0.717, 1.165) is 29.4 Å². The summed E-state index contributed by atoms with van der Waals surface area (Å²) >= 11 is 7.53. The van der Waals surface area contributed by atoms with Crippen molar-refractivity contribution in [1.29, 1.82) is 0 Å². The molecule has 0 spiro atoms. The molecule has 0 aromatic heterocycles. The molecule has 1 saturated heterocycles. The van der Waals surface area contributed by atoms with E-state index in [1.807, 2.05) is 29.2 Å². The molecular weight excluding hydrogens is 372 g/mol. The van der Waals surface area contributed by atoms with Crippen molar-refractivity contribution in [1.82, 2.24) is 15.1 Å². The summed E-state index contributed by atoms with van der Waals surface area (Å²) in [5.74, 6) is 0.975. The molecule has 26 heavy (non-hydrogen) atoms. The average molecular weight is 395 g/mol. The highest BCUT2D eigenvalue weighted by Gasteiger charge is 2.48. The van der Waals surface area contributed by atoms with E-state index in [9.17, 15) is 9.59 Å². The van der Waals surface area contributed by atoms with Crippen molar-refractivity contribution in [2.24, 2.45) is 10.9 Å². The number of imide groups is 1. The van der Waals surface area contributed by atoms with Gasteiger partial charge in [0.15, 0.2) is 17.4 Å². The highest BCUT2D eigenvalue weighted by atomic mass is 35.5. The fourth-order valence-electron chi connectivity index (χ4n) is 2.98. The van der Waals surface area contributed by atoms with Crippen molar-refractivity contribution < 1.29 is 9.59 Å². The van der Waals surface area contributed by atoms with E-state index < -0.39 is 18.2 Å². The van der Waals surface area contributed by atoms with Crippen LogP contribution in [-0.4, -0.2) is 52.7 Å². The minimum absolute atomic E-state index is 0.271. The minimum atomic E-state index is -0.462. The zero-order valence-corrected chi connectivity index (χ0v) is 16.7. The lowest BCUT2D eigenvalue weighted by atomic mass is 10.1. The van der Waals surface area contributed by atoms with Crippen LogP contribution in [-0.2, 0) is 10.5 Å².